The number of ether oxygens (including phenoxy) is 1. The second kappa shape index (κ2) is 7.02. The predicted octanol–water partition coefficient (Wildman–Crippen LogP) is 0.365. The lowest BCUT2D eigenvalue weighted by Crippen LogP contribution is -2.50. The lowest BCUT2D eigenvalue weighted by atomic mass is 10.2. The van der Waals surface area contributed by atoms with Crippen molar-refractivity contribution >= 4 is 5.91 Å². The third-order valence-electron chi connectivity index (χ3n) is 4.09. The van der Waals surface area contributed by atoms with E-state index in [0.717, 1.165) is 32.6 Å². The second-order valence-electron chi connectivity index (χ2n) is 5.78. The third-order valence-corrected chi connectivity index (χ3v) is 4.09. The molecule has 2 aliphatic rings. The number of morpholine rings is 1. The first-order valence-corrected chi connectivity index (χ1v) is 7.70. The maximum absolute atomic E-state index is 12.1. The van der Waals surface area contributed by atoms with Crippen LogP contribution in [0.15, 0.2) is 30.3 Å². The number of nitrogens with zero attached hydrogens (tertiary/aromatic N) is 1. The van der Waals surface area contributed by atoms with Gasteiger partial charge in [-0.05, 0) is 12.0 Å². The van der Waals surface area contributed by atoms with Crippen LogP contribution in [0.3, 0.4) is 0 Å². The van der Waals surface area contributed by atoms with Gasteiger partial charge in [0.1, 0.15) is 6.10 Å². The number of hydrogen-bond donors (Lipinski definition) is 2. The van der Waals surface area contributed by atoms with Gasteiger partial charge in [-0.3, -0.25) is 9.69 Å². The molecule has 5 heteroatoms. The normalized spacial score (nSPS) is 26.7. The summed E-state index contributed by atoms with van der Waals surface area (Å²) in [5.74, 6) is 0.0220. The molecule has 3 rings (SSSR count). The molecule has 2 fully saturated rings. The van der Waals surface area contributed by atoms with Crippen LogP contribution in [0.5, 0.6) is 0 Å². The van der Waals surface area contributed by atoms with Crippen LogP contribution in [0, 0.1) is 0 Å². The molecule has 0 saturated carbocycles. The molecular formula is C16H23N3O2. The van der Waals surface area contributed by atoms with Gasteiger partial charge in [-0.1, -0.05) is 30.3 Å². The number of carbonyl (C=O) groups is 1. The average Bonchev–Trinajstić information content (AvgIpc) is 2.96. The highest BCUT2D eigenvalue weighted by molar-refractivity contribution is 5.81. The minimum atomic E-state index is -0.332. The molecule has 0 aliphatic carbocycles. The van der Waals surface area contributed by atoms with Crippen molar-refractivity contribution in [3.63, 3.8) is 0 Å². The van der Waals surface area contributed by atoms with Crippen molar-refractivity contribution < 1.29 is 9.53 Å². The molecule has 0 aromatic heterocycles. The second-order valence-corrected chi connectivity index (χ2v) is 5.78. The molecule has 2 atom stereocenters. The maximum atomic E-state index is 12.1. The van der Waals surface area contributed by atoms with Crippen LogP contribution in [0.4, 0.5) is 0 Å². The Morgan fingerprint density at radius 3 is 3.00 bits per heavy atom. The molecule has 0 radical (unpaired) electrons. The van der Waals surface area contributed by atoms with Crippen molar-refractivity contribution in [2.45, 2.75) is 25.1 Å². The molecule has 0 spiro atoms. The zero-order valence-corrected chi connectivity index (χ0v) is 12.3. The monoisotopic (exact) mass is 289 g/mol. The Hall–Kier alpha value is -1.43. The molecule has 2 saturated heterocycles. The Labute approximate surface area is 125 Å². The summed E-state index contributed by atoms with van der Waals surface area (Å²) in [5, 5.41) is 6.30. The number of benzene rings is 1. The lowest BCUT2D eigenvalue weighted by molar-refractivity contribution is -0.134. The van der Waals surface area contributed by atoms with Gasteiger partial charge in [0, 0.05) is 38.8 Å². The molecule has 114 valence electrons. The fourth-order valence-electron chi connectivity index (χ4n) is 2.96. The summed E-state index contributed by atoms with van der Waals surface area (Å²) in [6.07, 6.45) is 0.681. The van der Waals surface area contributed by atoms with Crippen LogP contribution in [0.2, 0.25) is 0 Å². The van der Waals surface area contributed by atoms with Gasteiger partial charge in [0.15, 0.2) is 0 Å². The summed E-state index contributed by atoms with van der Waals surface area (Å²) in [4.78, 5) is 14.5. The number of rotatable bonds is 4. The number of amides is 1. The highest BCUT2D eigenvalue weighted by atomic mass is 16.5. The highest BCUT2D eigenvalue weighted by Gasteiger charge is 2.28. The van der Waals surface area contributed by atoms with Crippen molar-refractivity contribution in [1.29, 1.82) is 0 Å². The number of carbonyl (C=O) groups excluding carboxylic acids is 1. The average molecular weight is 289 g/mol. The van der Waals surface area contributed by atoms with Gasteiger partial charge in [0.2, 0.25) is 0 Å². The van der Waals surface area contributed by atoms with Crippen molar-refractivity contribution in [2.24, 2.45) is 0 Å². The van der Waals surface area contributed by atoms with E-state index in [1.54, 1.807) is 0 Å². The van der Waals surface area contributed by atoms with Crippen LogP contribution in [-0.4, -0.2) is 55.7 Å². The molecule has 2 aliphatic heterocycles. The summed E-state index contributed by atoms with van der Waals surface area (Å²) in [6, 6.07) is 10.7. The summed E-state index contributed by atoms with van der Waals surface area (Å²) < 4.78 is 5.48. The van der Waals surface area contributed by atoms with Crippen LogP contribution in [0.1, 0.15) is 12.0 Å². The molecule has 2 N–H and O–H groups in total. The number of hydrogen-bond acceptors (Lipinski definition) is 4. The Kier molecular flexibility index (Phi) is 4.85. The van der Waals surface area contributed by atoms with Gasteiger partial charge in [0.05, 0.1) is 6.61 Å². The van der Waals surface area contributed by atoms with Crippen molar-refractivity contribution in [3.05, 3.63) is 35.9 Å². The van der Waals surface area contributed by atoms with E-state index in [1.165, 1.54) is 5.56 Å². The molecule has 2 unspecified atom stereocenters. The van der Waals surface area contributed by atoms with Crippen molar-refractivity contribution in [3.8, 4) is 0 Å². The van der Waals surface area contributed by atoms with Crippen molar-refractivity contribution in [2.75, 3.05) is 32.8 Å². The van der Waals surface area contributed by atoms with E-state index in [1.807, 2.05) is 6.07 Å². The predicted molar refractivity (Wildman–Crippen MR) is 80.9 cm³/mol. The van der Waals surface area contributed by atoms with E-state index in [9.17, 15) is 4.79 Å². The van der Waals surface area contributed by atoms with E-state index in [4.69, 9.17) is 4.74 Å². The zero-order valence-electron chi connectivity index (χ0n) is 12.3. The smallest absolute Gasteiger partial charge is 0.250 e. The van der Waals surface area contributed by atoms with Crippen LogP contribution >= 0.6 is 0 Å². The third kappa shape index (κ3) is 4.03. The van der Waals surface area contributed by atoms with E-state index in [2.05, 4.69) is 39.8 Å². The Balaban J connectivity index is 1.45. The first-order chi connectivity index (χ1) is 10.3. The first-order valence-electron chi connectivity index (χ1n) is 7.70. The standard InChI is InChI=1S/C16H23N3O2/c20-16(15-10-17-7-9-21-15)18-14-6-8-19(12-14)11-13-4-2-1-3-5-13/h1-5,14-15,17H,6-12H2,(H,18,20). The summed E-state index contributed by atoms with van der Waals surface area (Å²) in [7, 11) is 0. The Bertz CT molecular complexity index is 460. The van der Waals surface area contributed by atoms with Crippen molar-refractivity contribution in [1.82, 2.24) is 15.5 Å². The summed E-state index contributed by atoms with van der Waals surface area (Å²) >= 11 is 0. The maximum Gasteiger partial charge on any atom is 0.250 e. The molecule has 0 bridgehead atoms. The molecule has 1 aromatic carbocycles. The molecule has 1 amide bonds. The molecule has 21 heavy (non-hydrogen) atoms. The largest absolute Gasteiger partial charge is 0.366 e. The van der Waals surface area contributed by atoms with Gasteiger partial charge in [-0.2, -0.15) is 0 Å². The zero-order chi connectivity index (χ0) is 14.5. The number of nitrogens with one attached hydrogen (secondary N) is 2. The van der Waals surface area contributed by atoms with E-state index < -0.39 is 0 Å². The van der Waals surface area contributed by atoms with E-state index in [0.29, 0.717) is 13.2 Å². The molecule has 2 heterocycles. The number of likely N-dealkylation sites (tertiary alicyclic amines) is 1. The van der Waals surface area contributed by atoms with Crippen LogP contribution in [0.25, 0.3) is 0 Å². The first kappa shape index (κ1) is 14.5. The quantitative estimate of drug-likeness (QED) is 0.841. The lowest BCUT2D eigenvalue weighted by Gasteiger charge is -2.24. The molecule has 1 aromatic rings. The summed E-state index contributed by atoms with van der Waals surface area (Å²) in [6.45, 7) is 4.96. The topological polar surface area (TPSA) is 53.6 Å². The summed E-state index contributed by atoms with van der Waals surface area (Å²) in [5.41, 5.74) is 1.32. The highest BCUT2D eigenvalue weighted by Crippen LogP contribution is 2.13. The minimum Gasteiger partial charge on any atom is -0.366 e. The minimum absolute atomic E-state index is 0.0220. The Morgan fingerprint density at radius 2 is 2.24 bits per heavy atom. The van der Waals surface area contributed by atoms with Crippen LogP contribution in [-0.2, 0) is 16.1 Å². The van der Waals surface area contributed by atoms with Gasteiger partial charge >= 0.3 is 0 Å². The van der Waals surface area contributed by atoms with E-state index in [-0.39, 0.29) is 18.1 Å². The fraction of sp³-hybridized carbons (Fsp3) is 0.562. The Morgan fingerprint density at radius 1 is 1.38 bits per heavy atom. The van der Waals surface area contributed by atoms with Gasteiger partial charge in [0.25, 0.3) is 5.91 Å². The SMILES string of the molecule is O=C(NC1CCN(Cc2ccccc2)C1)C1CNCCO1. The molecule has 5 nitrogen and oxygen atoms in total. The van der Waals surface area contributed by atoms with E-state index >= 15 is 0 Å². The van der Waals surface area contributed by atoms with Gasteiger partial charge < -0.3 is 15.4 Å². The van der Waals surface area contributed by atoms with Gasteiger partial charge in [-0.25, -0.2) is 0 Å². The van der Waals surface area contributed by atoms with Crippen LogP contribution < -0.4 is 10.6 Å². The van der Waals surface area contributed by atoms with Gasteiger partial charge in [-0.15, -0.1) is 0 Å². The fourth-order valence-corrected chi connectivity index (χ4v) is 2.96. The molecular weight excluding hydrogens is 266 g/mol.